The smallest absolute Gasteiger partial charge is 0.0391 e. The van der Waals surface area contributed by atoms with Gasteiger partial charge in [0.25, 0.3) is 0 Å². The molecule has 2 fully saturated rings. The van der Waals surface area contributed by atoms with Crippen LogP contribution < -0.4 is 5.73 Å². The van der Waals surface area contributed by atoms with Gasteiger partial charge >= 0.3 is 0 Å². The monoisotopic (exact) mass is 284 g/mol. The largest absolute Gasteiger partial charge is 0.329 e. The van der Waals surface area contributed by atoms with Crippen molar-refractivity contribution in [3.8, 4) is 0 Å². The Kier molecular flexibility index (Phi) is 3.35. The molecule has 2 N–H and O–H groups in total. The Morgan fingerprint density at radius 1 is 1.05 bits per heavy atom. The molecule has 2 bridgehead atoms. The third-order valence-electron chi connectivity index (χ3n) is 6.60. The molecule has 2 atom stereocenters. The minimum absolute atomic E-state index is 0.252. The maximum atomic E-state index is 6.42. The highest BCUT2D eigenvalue weighted by molar-refractivity contribution is 5.32. The zero-order chi connectivity index (χ0) is 14.4. The number of rotatable bonds is 4. The molecule has 2 nitrogen and oxygen atoms in total. The molecule has 0 amide bonds. The number of benzene rings is 1. The lowest BCUT2D eigenvalue weighted by molar-refractivity contribution is 0.0424. The highest BCUT2D eigenvalue weighted by Gasteiger charge is 2.53. The van der Waals surface area contributed by atoms with Gasteiger partial charge in [0.2, 0.25) is 0 Å². The molecule has 3 aliphatic carbocycles. The number of fused-ring (bicyclic) bond motifs is 3. The second-order valence-electron chi connectivity index (χ2n) is 7.67. The van der Waals surface area contributed by atoms with Gasteiger partial charge in [-0.1, -0.05) is 24.3 Å². The Balaban J connectivity index is 1.68. The normalized spacial score (nSPS) is 34.8. The molecule has 0 aromatic heterocycles. The molecule has 2 unspecified atom stereocenters. The molecule has 21 heavy (non-hydrogen) atoms. The summed E-state index contributed by atoms with van der Waals surface area (Å²) in [6, 6.07) is 9.10. The highest BCUT2D eigenvalue weighted by atomic mass is 15.2. The molecule has 114 valence electrons. The van der Waals surface area contributed by atoms with Crippen LogP contribution in [0.15, 0.2) is 24.3 Å². The maximum absolute atomic E-state index is 6.42. The second-order valence-corrected chi connectivity index (χ2v) is 7.67. The molecule has 3 aliphatic rings. The highest BCUT2D eigenvalue weighted by Crippen LogP contribution is 2.50. The van der Waals surface area contributed by atoms with Gasteiger partial charge < -0.3 is 5.73 Å². The first-order valence-electron chi connectivity index (χ1n) is 8.72. The van der Waals surface area contributed by atoms with Gasteiger partial charge in [-0.3, -0.25) is 4.90 Å². The summed E-state index contributed by atoms with van der Waals surface area (Å²) in [4.78, 5) is 2.68. The summed E-state index contributed by atoms with van der Waals surface area (Å²) in [5.74, 6) is 2.45. The average molecular weight is 284 g/mol. The van der Waals surface area contributed by atoms with Crippen molar-refractivity contribution in [2.45, 2.75) is 44.1 Å². The molecule has 2 heteroatoms. The molecule has 0 saturated heterocycles. The molecule has 1 aromatic carbocycles. The van der Waals surface area contributed by atoms with Crippen LogP contribution >= 0.6 is 0 Å². The van der Waals surface area contributed by atoms with E-state index in [2.05, 4.69) is 36.2 Å². The van der Waals surface area contributed by atoms with Crippen LogP contribution in [0.5, 0.6) is 0 Å². The summed E-state index contributed by atoms with van der Waals surface area (Å²) in [5, 5.41) is 0. The Hall–Kier alpha value is -0.860. The van der Waals surface area contributed by atoms with Gasteiger partial charge in [0.05, 0.1) is 0 Å². The first-order chi connectivity index (χ1) is 10.2. The van der Waals surface area contributed by atoms with Crippen molar-refractivity contribution in [1.29, 1.82) is 0 Å². The lowest BCUT2D eigenvalue weighted by Crippen LogP contribution is -2.59. The van der Waals surface area contributed by atoms with E-state index in [-0.39, 0.29) is 5.54 Å². The molecular formula is C19H28N2. The van der Waals surface area contributed by atoms with E-state index >= 15 is 0 Å². The second kappa shape index (κ2) is 5.10. The summed E-state index contributed by atoms with van der Waals surface area (Å²) in [6.07, 6.45) is 8.06. The summed E-state index contributed by atoms with van der Waals surface area (Å²) >= 11 is 0. The molecule has 0 heterocycles. The third-order valence-corrected chi connectivity index (χ3v) is 6.60. The van der Waals surface area contributed by atoms with Crippen LogP contribution in [0.25, 0.3) is 0 Å². The van der Waals surface area contributed by atoms with E-state index in [1.165, 1.54) is 45.1 Å². The van der Waals surface area contributed by atoms with Crippen LogP contribution in [0.1, 0.15) is 36.8 Å². The van der Waals surface area contributed by atoms with E-state index in [1.807, 2.05) is 0 Å². The van der Waals surface area contributed by atoms with Crippen molar-refractivity contribution in [3.63, 3.8) is 0 Å². The van der Waals surface area contributed by atoms with E-state index < -0.39 is 0 Å². The number of nitrogens with zero attached hydrogens (tertiary/aromatic N) is 1. The van der Waals surface area contributed by atoms with Gasteiger partial charge in [-0.2, -0.15) is 0 Å². The number of nitrogens with two attached hydrogens (primary N) is 1. The molecular weight excluding hydrogens is 256 g/mol. The molecule has 4 rings (SSSR count). The number of hydrogen-bond donors (Lipinski definition) is 1. The van der Waals surface area contributed by atoms with Crippen molar-refractivity contribution < 1.29 is 0 Å². The fourth-order valence-electron chi connectivity index (χ4n) is 5.25. The summed E-state index contributed by atoms with van der Waals surface area (Å²) < 4.78 is 0. The summed E-state index contributed by atoms with van der Waals surface area (Å²) in [7, 11) is 2.35. The van der Waals surface area contributed by atoms with Gasteiger partial charge in [0, 0.05) is 18.6 Å². The van der Waals surface area contributed by atoms with Crippen LogP contribution in [-0.4, -0.2) is 30.6 Å². The first-order valence-corrected chi connectivity index (χ1v) is 8.72. The van der Waals surface area contributed by atoms with Crippen LogP contribution in [0.2, 0.25) is 0 Å². The van der Waals surface area contributed by atoms with E-state index in [0.717, 1.165) is 24.3 Å². The lowest BCUT2D eigenvalue weighted by Gasteiger charge is -2.46. The number of hydrogen-bond acceptors (Lipinski definition) is 2. The van der Waals surface area contributed by atoms with Gasteiger partial charge in [-0.05, 0) is 74.5 Å². The molecule has 0 radical (unpaired) electrons. The Bertz CT molecular complexity index is 487. The zero-order valence-electron chi connectivity index (χ0n) is 13.2. The Labute approximate surface area is 128 Å². The van der Waals surface area contributed by atoms with Gasteiger partial charge in [-0.15, -0.1) is 0 Å². The van der Waals surface area contributed by atoms with Crippen molar-refractivity contribution >= 4 is 0 Å². The van der Waals surface area contributed by atoms with Crippen LogP contribution in [-0.2, 0) is 12.8 Å². The minimum atomic E-state index is 0.252. The summed E-state index contributed by atoms with van der Waals surface area (Å²) in [5.41, 5.74) is 9.84. The van der Waals surface area contributed by atoms with Gasteiger partial charge in [0.15, 0.2) is 0 Å². The van der Waals surface area contributed by atoms with Crippen molar-refractivity contribution in [2.75, 3.05) is 20.1 Å². The Morgan fingerprint density at radius 2 is 1.62 bits per heavy atom. The van der Waals surface area contributed by atoms with Gasteiger partial charge in [0.1, 0.15) is 0 Å². The van der Waals surface area contributed by atoms with E-state index in [0.29, 0.717) is 0 Å². The van der Waals surface area contributed by atoms with Crippen molar-refractivity contribution in [1.82, 2.24) is 4.90 Å². The van der Waals surface area contributed by atoms with Crippen LogP contribution in [0.3, 0.4) is 0 Å². The molecule has 1 aromatic rings. The Morgan fingerprint density at radius 3 is 2.10 bits per heavy atom. The third kappa shape index (κ3) is 2.15. The van der Waals surface area contributed by atoms with Crippen LogP contribution in [0, 0.1) is 17.8 Å². The van der Waals surface area contributed by atoms with Gasteiger partial charge in [-0.25, -0.2) is 0 Å². The standard InChI is InChI=1S/C19H28N2/c1-21(12-14-6-7-14)19(13-20)17-8-9-18(19)11-16-5-3-2-4-15(16)10-17/h2-5,14,17-18H,6-13,20H2,1H3. The predicted molar refractivity (Wildman–Crippen MR) is 87.2 cm³/mol. The zero-order valence-corrected chi connectivity index (χ0v) is 13.2. The summed E-state index contributed by atoms with van der Waals surface area (Å²) in [6.45, 7) is 2.10. The van der Waals surface area contributed by atoms with E-state index in [4.69, 9.17) is 5.73 Å². The molecule has 0 aliphatic heterocycles. The van der Waals surface area contributed by atoms with Crippen molar-refractivity contribution in [2.24, 2.45) is 23.5 Å². The fraction of sp³-hybridized carbons (Fsp3) is 0.684. The predicted octanol–water partition coefficient (Wildman–Crippen LogP) is 2.85. The molecule has 0 spiro atoms. The number of likely N-dealkylation sites (N-methyl/N-ethyl adjacent to an activating group) is 1. The first kappa shape index (κ1) is 13.8. The van der Waals surface area contributed by atoms with E-state index in [9.17, 15) is 0 Å². The minimum Gasteiger partial charge on any atom is -0.329 e. The average Bonchev–Trinajstić information content (AvgIpc) is 3.23. The lowest BCUT2D eigenvalue weighted by atomic mass is 9.77. The topological polar surface area (TPSA) is 29.3 Å². The van der Waals surface area contributed by atoms with E-state index in [1.54, 1.807) is 11.1 Å². The maximum Gasteiger partial charge on any atom is 0.0391 e. The van der Waals surface area contributed by atoms with Crippen LogP contribution in [0.4, 0.5) is 0 Å². The fourth-order valence-corrected chi connectivity index (χ4v) is 5.25. The quantitative estimate of drug-likeness (QED) is 0.921. The SMILES string of the molecule is CN(CC1CC1)C1(CN)C2CCC1Cc1ccccc1C2. The molecule has 2 saturated carbocycles. The van der Waals surface area contributed by atoms with Crippen molar-refractivity contribution in [3.05, 3.63) is 35.4 Å².